The molecular formula is C14H20N2O9S3. The smallest absolute Gasteiger partial charge is 0.264 e. The SMILES string of the molecule is N#CCCC(OS(=O)OC(CCC#N)C1CCS(=O)(=O)O1)C1CCS(=O)(=O)O1. The van der Waals surface area contributed by atoms with Crippen LogP contribution in [0, 0.1) is 22.7 Å². The molecule has 2 heterocycles. The lowest BCUT2D eigenvalue weighted by atomic mass is 10.1. The van der Waals surface area contributed by atoms with Crippen molar-refractivity contribution in [2.24, 2.45) is 0 Å². The summed E-state index contributed by atoms with van der Waals surface area (Å²) >= 11 is -2.40. The first-order chi connectivity index (χ1) is 13.2. The molecule has 0 spiro atoms. The van der Waals surface area contributed by atoms with Gasteiger partial charge in [0.25, 0.3) is 20.2 Å². The normalized spacial score (nSPS) is 28.8. The van der Waals surface area contributed by atoms with Crippen molar-refractivity contribution in [3.8, 4) is 12.1 Å². The van der Waals surface area contributed by atoms with Crippen molar-refractivity contribution < 1.29 is 37.8 Å². The minimum atomic E-state index is -3.69. The van der Waals surface area contributed by atoms with Crippen LogP contribution < -0.4 is 0 Å². The number of hydrogen-bond donors (Lipinski definition) is 0. The molecule has 0 aromatic carbocycles. The van der Waals surface area contributed by atoms with Gasteiger partial charge in [-0.3, -0.25) is 16.7 Å². The van der Waals surface area contributed by atoms with Gasteiger partial charge >= 0.3 is 11.4 Å². The van der Waals surface area contributed by atoms with Crippen molar-refractivity contribution >= 4 is 31.6 Å². The van der Waals surface area contributed by atoms with Crippen LogP contribution in [0.5, 0.6) is 0 Å². The van der Waals surface area contributed by atoms with E-state index < -0.39 is 56.0 Å². The van der Waals surface area contributed by atoms with E-state index in [1.165, 1.54) is 0 Å². The van der Waals surface area contributed by atoms with Gasteiger partial charge in [0.1, 0.15) is 24.4 Å². The van der Waals surface area contributed by atoms with Crippen LogP contribution in [-0.4, -0.2) is 57.0 Å². The van der Waals surface area contributed by atoms with Gasteiger partial charge in [-0.15, -0.1) is 0 Å². The fourth-order valence-electron chi connectivity index (χ4n) is 2.82. The van der Waals surface area contributed by atoms with Gasteiger partial charge in [0.05, 0.1) is 23.6 Å². The predicted molar refractivity (Wildman–Crippen MR) is 94.1 cm³/mol. The molecule has 0 saturated carbocycles. The molecule has 4 atom stereocenters. The summed E-state index contributed by atoms with van der Waals surface area (Å²) in [7, 11) is -7.38. The molecule has 2 fully saturated rings. The van der Waals surface area contributed by atoms with Crippen LogP contribution >= 0.6 is 0 Å². The maximum Gasteiger partial charge on any atom is 0.305 e. The lowest BCUT2D eigenvalue weighted by molar-refractivity contribution is 0.0329. The molecule has 28 heavy (non-hydrogen) atoms. The highest BCUT2D eigenvalue weighted by atomic mass is 32.2. The number of nitriles is 2. The first kappa shape index (κ1) is 23.2. The first-order valence-corrected chi connectivity index (χ1v) is 12.6. The molecule has 0 radical (unpaired) electrons. The molecule has 0 aliphatic carbocycles. The molecule has 158 valence electrons. The Hall–Kier alpha value is -1.13. The van der Waals surface area contributed by atoms with Gasteiger partial charge in [-0.2, -0.15) is 31.6 Å². The van der Waals surface area contributed by atoms with Gasteiger partial charge < -0.3 is 0 Å². The number of hydrogen-bond acceptors (Lipinski definition) is 11. The zero-order valence-corrected chi connectivity index (χ0v) is 17.2. The third-order valence-corrected chi connectivity index (χ3v) is 7.52. The van der Waals surface area contributed by atoms with E-state index in [-0.39, 0.29) is 50.0 Å². The third kappa shape index (κ3) is 7.04. The summed E-state index contributed by atoms with van der Waals surface area (Å²) in [4.78, 5) is 0. The zero-order chi connectivity index (χ0) is 20.8. The second-order valence-corrected chi connectivity index (χ2v) is 10.5. The molecular weight excluding hydrogens is 436 g/mol. The number of nitrogens with zero attached hydrogens (tertiary/aromatic N) is 2. The molecule has 14 heteroatoms. The standard InChI is InChI=1S/C14H20N2O9S3/c15-7-1-3-11(13-5-9-27(18,19)24-13)22-26(17)23-12(4-2-8-16)14-6-10-28(20,21)25-14/h11-14H,1-6,9-10H2. The Morgan fingerprint density at radius 1 is 0.893 bits per heavy atom. The molecule has 0 amide bonds. The fourth-order valence-corrected chi connectivity index (χ4v) is 6.13. The van der Waals surface area contributed by atoms with Crippen LogP contribution in [0.1, 0.15) is 38.5 Å². The summed E-state index contributed by atoms with van der Waals surface area (Å²) in [5.41, 5.74) is 0. The second kappa shape index (κ2) is 10.1. The van der Waals surface area contributed by atoms with Gasteiger partial charge in [-0.05, 0) is 25.7 Å². The summed E-state index contributed by atoms with van der Waals surface area (Å²) in [6.07, 6.45) is -3.31. The largest absolute Gasteiger partial charge is 0.305 e. The van der Waals surface area contributed by atoms with Crippen LogP contribution in [-0.2, 0) is 48.3 Å². The molecule has 4 unspecified atom stereocenters. The van der Waals surface area contributed by atoms with Crippen LogP contribution in [0.3, 0.4) is 0 Å². The van der Waals surface area contributed by atoms with E-state index in [1.54, 1.807) is 0 Å². The van der Waals surface area contributed by atoms with Crippen LogP contribution in [0.4, 0.5) is 0 Å². The Balaban J connectivity index is 2.01. The topological polar surface area (TPSA) is 170 Å². The van der Waals surface area contributed by atoms with Crippen molar-refractivity contribution in [2.45, 2.75) is 62.9 Å². The van der Waals surface area contributed by atoms with Crippen LogP contribution in [0.25, 0.3) is 0 Å². The van der Waals surface area contributed by atoms with E-state index in [0.29, 0.717) is 0 Å². The Morgan fingerprint density at radius 2 is 1.29 bits per heavy atom. The third-order valence-electron chi connectivity index (χ3n) is 4.16. The molecule has 0 aromatic rings. The van der Waals surface area contributed by atoms with Gasteiger partial charge in [0.15, 0.2) is 0 Å². The maximum absolute atomic E-state index is 12.3. The molecule has 2 rings (SSSR count). The van der Waals surface area contributed by atoms with E-state index in [1.807, 2.05) is 12.1 Å². The van der Waals surface area contributed by atoms with Crippen molar-refractivity contribution in [1.29, 1.82) is 10.5 Å². The van der Waals surface area contributed by atoms with Gasteiger partial charge in [-0.1, -0.05) is 0 Å². The molecule has 2 aliphatic rings. The lowest BCUT2D eigenvalue weighted by Gasteiger charge is -2.23. The first-order valence-electron chi connectivity index (χ1n) is 8.47. The maximum atomic E-state index is 12.3. The Labute approximate surface area is 166 Å². The summed E-state index contributed by atoms with van der Waals surface area (Å²) in [5.74, 6) is -0.424. The van der Waals surface area contributed by atoms with Gasteiger partial charge in [0, 0.05) is 12.8 Å². The zero-order valence-electron chi connectivity index (χ0n) is 14.8. The minimum Gasteiger partial charge on any atom is -0.264 e. The van der Waals surface area contributed by atoms with E-state index in [9.17, 15) is 21.0 Å². The highest BCUT2D eigenvalue weighted by Crippen LogP contribution is 2.27. The van der Waals surface area contributed by atoms with Crippen molar-refractivity contribution in [1.82, 2.24) is 0 Å². The summed E-state index contributed by atoms with van der Waals surface area (Å²) in [6, 6.07) is 3.78. The second-order valence-electron chi connectivity index (χ2n) is 6.24. The summed E-state index contributed by atoms with van der Waals surface area (Å²) in [5, 5.41) is 17.5. The highest BCUT2D eigenvalue weighted by molar-refractivity contribution is 7.87. The van der Waals surface area contributed by atoms with Crippen LogP contribution in [0.15, 0.2) is 0 Å². The molecule has 0 aromatic heterocycles. The predicted octanol–water partition coefficient (Wildman–Crippen LogP) is 0.180. The van der Waals surface area contributed by atoms with Crippen molar-refractivity contribution in [3.63, 3.8) is 0 Å². The lowest BCUT2D eigenvalue weighted by Crippen LogP contribution is -2.34. The van der Waals surface area contributed by atoms with E-state index >= 15 is 0 Å². The summed E-state index contributed by atoms with van der Waals surface area (Å²) < 4.78 is 78.6. The highest BCUT2D eigenvalue weighted by Gasteiger charge is 2.39. The van der Waals surface area contributed by atoms with Crippen molar-refractivity contribution in [3.05, 3.63) is 0 Å². The van der Waals surface area contributed by atoms with Gasteiger partial charge in [-0.25, -0.2) is 0 Å². The van der Waals surface area contributed by atoms with Crippen molar-refractivity contribution in [2.75, 3.05) is 11.5 Å². The Kier molecular flexibility index (Phi) is 8.32. The quantitative estimate of drug-likeness (QED) is 0.411. The molecule has 0 bridgehead atoms. The fraction of sp³-hybridized carbons (Fsp3) is 0.857. The molecule has 0 N–H and O–H groups in total. The Morgan fingerprint density at radius 3 is 1.57 bits per heavy atom. The van der Waals surface area contributed by atoms with Gasteiger partial charge in [0.2, 0.25) is 0 Å². The Bertz CT molecular complexity index is 789. The average molecular weight is 457 g/mol. The van der Waals surface area contributed by atoms with E-state index in [2.05, 4.69) is 0 Å². The molecule has 2 saturated heterocycles. The van der Waals surface area contributed by atoms with E-state index in [0.717, 1.165) is 0 Å². The minimum absolute atomic E-state index is 0.0175. The van der Waals surface area contributed by atoms with Crippen LogP contribution in [0.2, 0.25) is 0 Å². The average Bonchev–Trinajstić information content (AvgIpc) is 3.16. The molecule has 2 aliphatic heterocycles. The molecule has 11 nitrogen and oxygen atoms in total. The summed E-state index contributed by atoms with van der Waals surface area (Å²) in [6.45, 7) is 0. The number of rotatable bonds is 10. The van der Waals surface area contributed by atoms with E-state index in [4.69, 9.17) is 27.3 Å². The monoisotopic (exact) mass is 456 g/mol.